The van der Waals surface area contributed by atoms with E-state index < -0.39 is 0 Å². The molecule has 1 nitrogen and oxygen atoms in total. The van der Waals surface area contributed by atoms with Gasteiger partial charge in [-0.25, -0.2) is 0 Å². The molecule has 0 N–H and O–H groups in total. The van der Waals surface area contributed by atoms with Gasteiger partial charge in [0.2, 0.25) is 4.38 Å². The van der Waals surface area contributed by atoms with Gasteiger partial charge >= 0.3 is 0 Å². The number of rotatable bonds is 1. The van der Waals surface area contributed by atoms with E-state index in [1.165, 1.54) is 0 Å². The first kappa shape index (κ1) is 6.65. The Morgan fingerprint density at radius 1 is 2.00 bits per heavy atom. The molecule has 0 bridgehead atoms. The molecule has 1 fully saturated rings. The number of ether oxygens (including phenoxy) is 1. The Kier molecular flexibility index (Phi) is 2.41. The number of thioether (sulfide) groups is 1. The van der Waals surface area contributed by atoms with Crippen LogP contribution in [0.4, 0.5) is 0 Å². The molecular formula is C4H5ClOS2. The van der Waals surface area contributed by atoms with E-state index in [4.69, 9.17) is 28.6 Å². The van der Waals surface area contributed by atoms with Crippen LogP contribution in [0, 0.1) is 0 Å². The Hall–Kier alpha value is 0.530. The summed E-state index contributed by atoms with van der Waals surface area (Å²) in [6.45, 7) is 0. The molecule has 1 aliphatic rings. The topological polar surface area (TPSA) is 9.23 Å². The summed E-state index contributed by atoms with van der Waals surface area (Å²) in [6, 6.07) is 0. The summed E-state index contributed by atoms with van der Waals surface area (Å²) >= 11 is 11.8. The molecule has 8 heavy (non-hydrogen) atoms. The lowest BCUT2D eigenvalue weighted by Gasteiger charge is -2.00. The quantitative estimate of drug-likeness (QED) is 0.435. The first-order valence-corrected chi connectivity index (χ1v) is 4.15. The maximum atomic E-state index is 5.48. The summed E-state index contributed by atoms with van der Waals surface area (Å²) in [5.41, 5.74) is 0. The van der Waals surface area contributed by atoms with Crippen molar-refractivity contribution in [1.82, 2.24) is 0 Å². The third-order valence-electron chi connectivity index (χ3n) is 0.822. The van der Waals surface area contributed by atoms with Gasteiger partial charge in [-0.15, -0.1) is 11.6 Å². The van der Waals surface area contributed by atoms with Crippen LogP contribution in [0.5, 0.6) is 0 Å². The van der Waals surface area contributed by atoms with Gasteiger partial charge in [0.05, 0.1) is 5.88 Å². The highest BCUT2D eigenvalue weighted by atomic mass is 35.5. The van der Waals surface area contributed by atoms with Crippen LogP contribution in [0.25, 0.3) is 0 Å². The van der Waals surface area contributed by atoms with Crippen molar-refractivity contribution in [3.8, 4) is 0 Å². The third kappa shape index (κ3) is 1.50. The minimum Gasteiger partial charge on any atom is -0.473 e. The van der Waals surface area contributed by atoms with Crippen LogP contribution in [-0.2, 0) is 4.74 Å². The standard InChI is InChI=1S/C4H5ClOS2/c5-1-3-2-8-4(7)6-3/h3H,1-2H2. The number of hydrogen-bond donors (Lipinski definition) is 0. The lowest BCUT2D eigenvalue weighted by molar-refractivity contribution is 0.261. The monoisotopic (exact) mass is 168 g/mol. The largest absolute Gasteiger partial charge is 0.473 e. The van der Waals surface area contributed by atoms with Crippen molar-refractivity contribution in [3.63, 3.8) is 0 Å². The zero-order valence-corrected chi connectivity index (χ0v) is 6.48. The average Bonchev–Trinajstić information content (AvgIpc) is 2.14. The molecule has 0 aromatic carbocycles. The van der Waals surface area contributed by atoms with E-state index in [0.717, 1.165) is 5.75 Å². The molecule has 0 aliphatic carbocycles. The van der Waals surface area contributed by atoms with E-state index in [0.29, 0.717) is 10.3 Å². The summed E-state index contributed by atoms with van der Waals surface area (Å²) < 4.78 is 5.71. The molecule has 0 saturated carbocycles. The van der Waals surface area contributed by atoms with Gasteiger partial charge in [-0.3, -0.25) is 0 Å². The third-order valence-corrected chi connectivity index (χ3v) is 2.49. The van der Waals surface area contributed by atoms with Crippen LogP contribution in [0.3, 0.4) is 0 Å². The van der Waals surface area contributed by atoms with Crippen LogP contribution in [0.15, 0.2) is 0 Å². The Balaban J connectivity index is 2.32. The van der Waals surface area contributed by atoms with Crippen LogP contribution < -0.4 is 0 Å². The fourth-order valence-electron chi connectivity index (χ4n) is 0.441. The zero-order valence-electron chi connectivity index (χ0n) is 4.09. The van der Waals surface area contributed by atoms with Crippen molar-refractivity contribution in [2.45, 2.75) is 6.10 Å². The molecule has 1 atom stereocenters. The van der Waals surface area contributed by atoms with E-state index in [-0.39, 0.29) is 6.10 Å². The molecule has 0 spiro atoms. The second-order valence-corrected chi connectivity index (χ2v) is 3.39. The van der Waals surface area contributed by atoms with Gasteiger partial charge in [0.25, 0.3) is 0 Å². The highest BCUT2D eigenvalue weighted by Gasteiger charge is 2.19. The van der Waals surface area contributed by atoms with Crippen molar-refractivity contribution >= 4 is 40.0 Å². The SMILES string of the molecule is S=C1OC(CCl)CS1. The number of hydrogen-bond acceptors (Lipinski definition) is 3. The molecule has 1 heterocycles. The van der Waals surface area contributed by atoms with Crippen molar-refractivity contribution in [1.29, 1.82) is 0 Å². The van der Waals surface area contributed by atoms with Gasteiger partial charge in [0.15, 0.2) is 0 Å². The summed E-state index contributed by atoms with van der Waals surface area (Å²) in [6.07, 6.45) is 0.161. The van der Waals surface area contributed by atoms with Crippen LogP contribution in [0.1, 0.15) is 0 Å². The Morgan fingerprint density at radius 2 is 2.75 bits per heavy atom. The second kappa shape index (κ2) is 2.90. The first-order chi connectivity index (χ1) is 3.83. The van der Waals surface area contributed by atoms with Gasteiger partial charge in [-0.05, 0) is 12.2 Å². The fourth-order valence-corrected chi connectivity index (χ4v) is 1.79. The maximum Gasteiger partial charge on any atom is 0.220 e. The number of alkyl halides is 1. The van der Waals surface area contributed by atoms with Crippen molar-refractivity contribution in [2.75, 3.05) is 11.6 Å². The lowest BCUT2D eigenvalue weighted by atomic mass is 10.5. The van der Waals surface area contributed by atoms with Gasteiger partial charge in [0.1, 0.15) is 6.10 Å². The minimum absolute atomic E-state index is 0.161. The predicted octanol–water partition coefficient (Wildman–Crippen LogP) is 1.64. The molecule has 1 rings (SSSR count). The fraction of sp³-hybridized carbons (Fsp3) is 0.750. The van der Waals surface area contributed by atoms with E-state index in [2.05, 4.69) is 0 Å². The summed E-state index contributed by atoms with van der Waals surface area (Å²) in [4.78, 5) is 0. The Labute approximate surface area is 62.7 Å². The van der Waals surface area contributed by atoms with Crippen LogP contribution >= 0.6 is 35.6 Å². The maximum absolute atomic E-state index is 5.48. The molecule has 46 valence electrons. The highest BCUT2D eigenvalue weighted by Crippen LogP contribution is 2.20. The van der Waals surface area contributed by atoms with Gasteiger partial charge in [-0.2, -0.15) is 0 Å². The van der Waals surface area contributed by atoms with Gasteiger partial charge in [0, 0.05) is 5.75 Å². The number of thiocarbonyl (C=S) groups is 1. The molecular weight excluding hydrogens is 164 g/mol. The molecule has 0 amide bonds. The normalized spacial score (nSPS) is 28.1. The molecule has 4 heteroatoms. The molecule has 0 aromatic heterocycles. The molecule has 1 unspecified atom stereocenters. The van der Waals surface area contributed by atoms with Crippen molar-refractivity contribution < 1.29 is 4.74 Å². The minimum atomic E-state index is 0.161. The van der Waals surface area contributed by atoms with Crippen LogP contribution in [0.2, 0.25) is 0 Å². The van der Waals surface area contributed by atoms with E-state index in [1.807, 2.05) is 0 Å². The van der Waals surface area contributed by atoms with Crippen LogP contribution in [-0.4, -0.2) is 22.1 Å². The van der Waals surface area contributed by atoms with E-state index in [1.54, 1.807) is 11.8 Å². The summed E-state index contributed by atoms with van der Waals surface area (Å²) in [7, 11) is 0. The first-order valence-electron chi connectivity index (χ1n) is 2.22. The summed E-state index contributed by atoms with van der Waals surface area (Å²) in [5.74, 6) is 1.47. The van der Waals surface area contributed by atoms with E-state index in [9.17, 15) is 0 Å². The Morgan fingerprint density at radius 3 is 3.00 bits per heavy atom. The summed E-state index contributed by atoms with van der Waals surface area (Å²) in [5, 5.41) is 0. The number of halogens is 1. The molecule has 0 radical (unpaired) electrons. The van der Waals surface area contributed by atoms with Gasteiger partial charge < -0.3 is 4.74 Å². The highest BCUT2D eigenvalue weighted by molar-refractivity contribution is 8.22. The van der Waals surface area contributed by atoms with Crippen molar-refractivity contribution in [3.05, 3.63) is 0 Å². The smallest absolute Gasteiger partial charge is 0.220 e. The lowest BCUT2D eigenvalue weighted by Crippen LogP contribution is -2.10. The van der Waals surface area contributed by atoms with E-state index >= 15 is 0 Å². The van der Waals surface area contributed by atoms with Gasteiger partial charge in [-0.1, -0.05) is 11.8 Å². The second-order valence-electron chi connectivity index (χ2n) is 1.46. The molecule has 1 aliphatic heterocycles. The molecule has 0 aromatic rings. The van der Waals surface area contributed by atoms with Crippen molar-refractivity contribution in [2.24, 2.45) is 0 Å². The Bertz CT molecular complexity index is 106. The average molecular weight is 169 g/mol. The molecule has 1 saturated heterocycles. The zero-order chi connectivity index (χ0) is 5.98. The predicted molar refractivity (Wildman–Crippen MR) is 40.6 cm³/mol.